The molecular weight excluding hydrogens is 322 g/mol. The number of benzene rings is 1. The number of hydrogen-bond donors (Lipinski definition) is 0. The molecule has 2 aliphatic rings. The Morgan fingerprint density at radius 3 is 3.12 bits per heavy atom. The van der Waals surface area contributed by atoms with Crippen LogP contribution in [0.25, 0.3) is 0 Å². The number of nitrogens with zero attached hydrogens (tertiary/aromatic N) is 3. The zero-order chi connectivity index (χ0) is 17.2. The van der Waals surface area contributed by atoms with Crippen LogP contribution in [0.2, 0.25) is 0 Å². The molecule has 4 rings (SSSR count). The second kappa shape index (κ2) is 6.76. The molecule has 2 aliphatic heterocycles. The molecule has 1 aromatic heterocycles. The minimum Gasteiger partial charge on any atom is -0.454 e. The predicted octanol–water partition coefficient (Wildman–Crippen LogP) is 2.06. The Bertz CT molecular complexity index is 773. The number of aryl methyl sites for hydroxylation is 1. The lowest BCUT2D eigenvalue weighted by molar-refractivity contribution is 0.0422. The minimum atomic E-state index is -0.0300. The topological polar surface area (TPSA) is 65.8 Å². The highest BCUT2D eigenvalue weighted by Gasteiger charge is 2.29. The summed E-state index contributed by atoms with van der Waals surface area (Å²) in [6.07, 6.45) is 4.48. The first-order chi connectivity index (χ1) is 12.3. The molecule has 3 heterocycles. The molecule has 0 aliphatic carbocycles. The van der Waals surface area contributed by atoms with Gasteiger partial charge in [0.15, 0.2) is 11.5 Å². The maximum absolute atomic E-state index is 13.2. The van der Waals surface area contributed by atoms with Gasteiger partial charge in [0.25, 0.3) is 5.91 Å². The summed E-state index contributed by atoms with van der Waals surface area (Å²) in [5.41, 5.74) is 1.63. The van der Waals surface area contributed by atoms with Crippen molar-refractivity contribution in [2.24, 2.45) is 0 Å². The lowest BCUT2D eigenvalue weighted by Crippen LogP contribution is -2.42. The third-order valence-corrected chi connectivity index (χ3v) is 4.67. The van der Waals surface area contributed by atoms with Crippen LogP contribution in [0.15, 0.2) is 30.7 Å². The van der Waals surface area contributed by atoms with E-state index in [1.807, 2.05) is 24.3 Å². The fourth-order valence-corrected chi connectivity index (χ4v) is 3.29. The van der Waals surface area contributed by atoms with Gasteiger partial charge in [0.1, 0.15) is 0 Å². The zero-order valence-electron chi connectivity index (χ0n) is 14.2. The number of carbonyl (C=O) groups is 1. The number of hydrogen-bond acceptors (Lipinski definition) is 5. The summed E-state index contributed by atoms with van der Waals surface area (Å²) in [7, 11) is 0. The maximum Gasteiger partial charge on any atom is 0.254 e. The molecule has 132 valence electrons. The number of imidazole rings is 1. The van der Waals surface area contributed by atoms with Crippen molar-refractivity contribution >= 4 is 5.91 Å². The largest absolute Gasteiger partial charge is 0.454 e. The third-order valence-electron chi connectivity index (χ3n) is 4.67. The van der Waals surface area contributed by atoms with Crippen molar-refractivity contribution < 1.29 is 19.0 Å². The first kappa shape index (κ1) is 16.0. The Balaban J connectivity index is 1.62. The number of ether oxygens (including phenoxy) is 3. The molecule has 1 aromatic carbocycles. The van der Waals surface area contributed by atoms with Crippen LogP contribution >= 0.6 is 0 Å². The van der Waals surface area contributed by atoms with E-state index in [1.165, 1.54) is 0 Å². The highest BCUT2D eigenvalue weighted by molar-refractivity contribution is 5.95. The summed E-state index contributed by atoms with van der Waals surface area (Å²) in [4.78, 5) is 19.3. The summed E-state index contributed by atoms with van der Waals surface area (Å²) in [6, 6.07) is 5.35. The van der Waals surface area contributed by atoms with E-state index in [1.54, 1.807) is 18.2 Å². The summed E-state index contributed by atoms with van der Waals surface area (Å²) in [5.74, 6) is 1.26. The molecule has 0 bridgehead atoms. The van der Waals surface area contributed by atoms with Gasteiger partial charge < -0.3 is 23.7 Å². The van der Waals surface area contributed by atoms with Crippen molar-refractivity contribution in [3.63, 3.8) is 0 Å². The second-order valence-corrected chi connectivity index (χ2v) is 6.18. The van der Waals surface area contributed by atoms with Gasteiger partial charge in [-0.15, -0.1) is 0 Å². The lowest BCUT2D eigenvalue weighted by Gasteiger charge is -2.29. The van der Waals surface area contributed by atoms with Gasteiger partial charge in [-0.2, -0.15) is 0 Å². The quantitative estimate of drug-likeness (QED) is 0.850. The number of amides is 1. The van der Waals surface area contributed by atoms with Gasteiger partial charge in [-0.05, 0) is 31.5 Å². The molecule has 7 heteroatoms. The Kier molecular flexibility index (Phi) is 4.31. The monoisotopic (exact) mass is 343 g/mol. The van der Waals surface area contributed by atoms with Crippen molar-refractivity contribution in [2.75, 3.05) is 20.0 Å². The van der Waals surface area contributed by atoms with Crippen LogP contribution in [-0.4, -0.2) is 46.4 Å². The molecule has 1 atom stereocenters. The Labute approximate surface area is 146 Å². The highest BCUT2D eigenvalue weighted by Crippen LogP contribution is 2.33. The first-order valence-electron chi connectivity index (χ1n) is 8.53. The Morgan fingerprint density at radius 2 is 2.24 bits per heavy atom. The molecule has 0 saturated heterocycles. The van der Waals surface area contributed by atoms with E-state index in [-0.39, 0.29) is 18.7 Å². The summed E-state index contributed by atoms with van der Waals surface area (Å²) < 4.78 is 18.5. The average molecular weight is 343 g/mol. The van der Waals surface area contributed by atoms with Crippen LogP contribution in [0.1, 0.15) is 29.4 Å². The third kappa shape index (κ3) is 3.07. The van der Waals surface area contributed by atoms with Gasteiger partial charge in [0.2, 0.25) is 6.79 Å². The Morgan fingerprint density at radius 1 is 1.36 bits per heavy atom. The van der Waals surface area contributed by atoms with Gasteiger partial charge in [-0.25, -0.2) is 4.98 Å². The zero-order valence-corrected chi connectivity index (χ0v) is 14.2. The molecule has 0 unspecified atom stereocenters. The molecular formula is C18H21N3O4. The molecule has 0 radical (unpaired) electrons. The smallest absolute Gasteiger partial charge is 0.254 e. The van der Waals surface area contributed by atoms with Crippen LogP contribution in [0.5, 0.6) is 11.5 Å². The van der Waals surface area contributed by atoms with E-state index in [2.05, 4.69) is 9.55 Å². The predicted molar refractivity (Wildman–Crippen MR) is 89.6 cm³/mol. The number of fused-ring (bicyclic) bond motifs is 2. The fraction of sp³-hybridized carbons (Fsp3) is 0.444. The molecule has 7 nitrogen and oxygen atoms in total. The van der Waals surface area contributed by atoms with Gasteiger partial charge in [0.05, 0.1) is 31.2 Å². The first-order valence-corrected chi connectivity index (χ1v) is 8.53. The molecule has 0 N–H and O–H groups in total. The van der Waals surface area contributed by atoms with E-state index in [0.29, 0.717) is 36.8 Å². The summed E-state index contributed by atoms with van der Waals surface area (Å²) >= 11 is 0. The van der Waals surface area contributed by atoms with Crippen LogP contribution in [0, 0.1) is 0 Å². The number of aromatic nitrogens is 2. The maximum atomic E-state index is 13.2. The molecule has 1 amide bonds. The van der Waals surface area contributed by atoms with E-state index in [0.717, 1.165) is 18.7 Å². The van der Waals surface area contributed by atoms with Crippen molar-refractivity contribution in [3.8, 4) is 11.5 Å². The second-order valence-electron chi connectivity index (χ2n) is 6.18. The molecule has 0 fully saturated rings. The lowest BCUT2D eigenvalue weighted by atomic mass is 10.1. The molecule has 2 aromatic rings. The van der Waals surface area contributed by atoms with Gasteiger partial charge >= 0.3 is 0 Å². The van der Waals surface area contributed by atoms with E-state index in [9.17, 15) is 4.79 Å². The van der Waals surface area contributed by atoms with Crippen LogP contribution in [0.4, 0.5) is 0 Å². The minimum absolute atomic E-state index is 0.0257. The van der Waals surface area contributed by atoms with Crippen molar-refractivity contribution in [3.05, 3.63) is 42.0 Å². The number of rotatable bonds is 4. The molecule has 0 saturated carbocycles. The van der Waals surface area contributed by atoms with E-state index >= 15 is 0 Å². The van der Waals surface area contributed by atoms with E-state index in [4.69, 9.17) is 14.2 Å². The Hall–Kier alpha value is -2.54. The SMILES string of the molecule is CCOC[C@@H]1CCn2cncc2CN1C(=O)c1ccc2c(c1)OCO2. The highest BCUT2D eigenvalue weighted by atomic mass is 16.7. The van der Waals surface area contributed by atoms with Crippen LogP contribution in [0.3, 0.4) is 0 Å². The van der Waals surface area contributed by atoms with Crippen molar-refractivity contribution in [1.29, 1.82) is 0 Å². The summed E-state index contributed by atoms with van der Waals surface area (Å²) in [6.45, 7) is 4.68. The van der Waals surface area contributed by atoms with Crippen LogP contribution < -0.4 is 9.47 Å². The van der Waals surface area contributed by atoms with Gasteiger partial charge in [0, 0.05) is 24.9 Å². The molecule has 25 heavy (non-hydrogen) atoms. The van der Waals surface area contributed by atoms with Gasteiger partial charge in [-0.1, -0.05) is 0 Å². The molecule has 0 spiro atoms. The average Bonchev–Trinajstić information content (AvgIpc) is 3.25. The van der Waals surface area contributed by atoms with Gasteiger partial charge in [-0.3, -0.25) is 4.79 Å². The van der Waals surface area contributed by atoms with Crippen LogP contribution in [-0.2, 0) is 17.8 Å². The number of carbonyl (C=O) groups excluding carboxylic acids is 1. The van der Waals surface area contributed by atoms with Crippen molar-refractivity contribution in [1.82, 2.24) is 14.5 Å². The summed E-state index contributed by atoms with van der Waals surface area (Å²) in [5, 5.41) is 0. The normalized spacial score (nSPS) is 18.8. The van der Waals surface area contributed by atoms with E-state index < -0.39 is 0 Å². The standard InChI is InChI=1S/C18H21N3O4/c1-2-23-10-14-5-6-20-11-19-8-15(20)9-21(14)18(22)13-3-4-16-17(7-13)25-12-24-16/h3-4,7-8,11,14H,2,5-6,9-10,12H2,1H3/t14-/m0/s1. The fourth-order valence-electron chi connectivity index (χ4n) is 3.29. The van der Waals surface area contributed by atoms with Crippen molar-refractivity contribution in [2.45, 2.75) is 32.5 Å².